The van der Waals surface area contributed by atoms with Crippen molar-refractivity contribution in [1.29, 1.82) is 5.26 Å². The third kappa shape index (κ3) is 3.19. The number of ether oxygens (including phenoxy) is 1. The Labute approximate surface area is 124 Å². The van der Waals surface area contributed by atoms with Gasteiger partial charge in [0.1, 0.15) is 11.8 Å². The van der Waals surface area contributed by atoms with E-state index in [1.165, 1.54) is 0 Å². The maximum atomic E-state index is 8.82. The molecule has 0 saturated heterocycles. The Morgan fingerprint density at radius 3 is 2.53 bits per heavy atom. The first kappa shape index (κ1) is 13.7. The van der Waals surface area contributed by atoms with E-state index in [1.807, 2.05) is 24.3 Å². The number of anilines is 2. The summed E-state index contributed by atoms with van der Waals surface area (Å²) in [4.78, 5) is 0. The fraction of sp³-hybridized carbons (Fsp3) is 0.0714. The quantitative estimate of drug-likeness (QED) is 0.881. The van der Waals surface area contributed by atoms with Crippen molar-refractivity contribution in [2.45, 2.75) is 0 Å². The van der Waals surface area contributed by atoms with Gasteiger partial charge in [-0.2, -0.15) is 5.26 Å². The number of nitriles is 1. The second-order valence-electron chi connectivity index (χ2n) is 3.78. The molecule has 1 N–H and O–H groups in total. The Morgan fingerprint density at radius 2 is 1.89 bits per heavy atom. The molecule has 0 aliphatic rings. The highest BCUT2D eigenvalue weighted by atomic mass is 79.9. The first-order valence-corrected chi connectivity index (χ1v) is 6.61. The number of hydrogen-bond donors (Lipinski definition) is 1. The summed E-state index contributed by atoms with van der Waals surface area (Å²) in [5, 5.41) is 12.5. The minimum atomic E-state index is 0.427. The third-order valence-corrected chi connectivity index (χ3v) is 3.50. The summed E-state index contributed by atoms with van der Waals surface area (Å²) in [7, 11) is 1.61. The monoisotopic (exact) mass is 336 g/mol. The van der Waals surface area contributed by atoms with Gasteiger partial charge in [-0.05, 0) is 46.3 Å². The van der Waals surface area contributed by atoms with Crippen molar-refractivity contribution in [3.05, 3.63) is 51.5 Å². The van der Waals surface area contributed by atoms with Crippen LogP contribution in [0.4, 0.5) is 11.4 Å². The molecular formula is C14H10BrClN2O. The van der Waals surface area contributed by atoms with Crippen molar-refractivity contribution in [3.8, 4) is 11.8 Å². The zero-order valence-corrected chi connectivity index (χ0v) is 12.4. The number of hydrogen-bond acceptors (Lipinski definition) is 3. The molecule has 5 heteroatoms. The van der Waals surface area contributed by atoms with Crippen LogP contribution in [0.3, 0.4) is 0 Å². The lowest BCUT2D eigenvalue weighted by Crippen LogP contribution is -1.92. The van der Waals surface area contributed by atoms with Gasteiger partial charge >= 0.3 is 0 Å². The van der Waals surface area contributed by atoms with Gasteiger partial charge < -0.3 is 10.1 Å². The van der Waals surface area contributed by atoms with Crippen LogP contribution in [0.5, 0.6) is 5.75 Å². The molecule has 0 amide bonds. The fourth-order valence-corrected chi connectivity index (χ4v) is 2.22. The topological polar surface area (TPSA) is 45.0 Å². The van der Waals surface area contributed by atoms with Gasteiger partial charge in [0.25, 0.3) is 0 Å². The van der Waals surface area contributed by atoms with E-state index in [-0.39, 0.29) is 0 Å². The summed E-state index contributed by atoms with van der Waals surface area (Å²) in [5.41, 5.74) is 2.15. The number of benzene rings is 2. The molecule has 0 radical (unpaired) electrons. The Bertz CT molecular complexity index is 643. The van der Waals surface area contributed by atoms with Crippen molar-refractivity contribution in [1.82, 2.24) is 0 Å². The minimum absolute atomic E-state index is 0.427. The largest absolute Gasteiger partial charge is 0.495 e. The van der Waals surface area contributed by atoms with Crippen LogP contribution in [0.1, 0.15) is 5.56 Å². The van der Waals surface area contributed by atoms with Crippen LogP contribution >= 0.6 is 27.5 Å². The van der Waals surface area contributed by atoms with Crippen molar-refractivity contribution >= 4 is 38.9 Å². The molecule has 0 atom stereocenters. The molecule has 0 aliphatic carbocycles. The Kier molecular flexibility index (Phi) is 4.31. The maximum absolute atomic E-state index is 8.82. The van der Waals surface area contributed by atoms with Gasteiger partial charge in [0.15, 0.2) is 0 Å². The fourth-order valence-electron chi connectivity index (χ4n) is 1.59. The van der Waals surface area contributed by atoms with Crippen LogP contribution in [-0.2, 0) is 0 Å². The van der Waals surface area contributed by atoms with Gasteiger partial charge in [-0.15, -0.1) is 0 Å². The molecule has 0 aliphatic heterocycles. The van der Waals surface area contributed by atoms with Crippen LogP contribution < -0.4 is 10.1 Å². The standard InChI is InChI=1S/C14H10BrClN2O/c1-19-14-7-11(4-5-12(14)15)18-10-3-2-9(8-17)13(16)6-10/h2-7,18H,1H3. The minimum Gasteiger partial charge on any atom is -0.495 e. The van der Waals surface area contributed by atoms with E-state index in [4.69, 9.17) is 21.6 Å². The maximum Gasteiger partial charge on any atom is 0.135 e. The number of halogens is 2. The molecule has 0 aromatic heterocycles. The average molecular weight is 338 g/mol. The SMILES string of the molecule is COc1cc(Nc2ccc(C#N)c(Cl)c2)ccc1Br. The molecule has 0 spiro atoms. The summed E-state index contributed by atoms with van der Waals surface area (Å²) >= 11 is 9.38. The molecule has 96 valence electrons. The second-order valence-corrected chi connectivity index (χ2v) is 5.04. The van der Waals surface area contributed by atoms with Gasteiger partial charge in [0.2, 0.25) is 0 Å². The van der Waals surface area contributed by atoms with Crippen molar-refractivity contribution in [3.63, 3.8) is 0 Å². The molecule has 3 nitrogen and oxygen atoms in total. The Balaban J connectivity index is 2.26. The highest BCUT2D eigenvalue weighted by Crippen LogP contribution is 2.30. The van der Waals surface area contributed by atoms with Crippen molar-refractivity contribution in [2.75, 3.05) is 12.4 Å². The summed E-state index contributed by atoms with van der Waals surface area (Å²) in [6.07, 6.45) is 0. The van der Waals surface area contributed by atoms with E-state index in [9.17, 15) is 0 Å². The van der Waals surface area contributed by atoms with E-state index in [1.54, 1.807) is 25.3 Å². The number of rotatable bonds is 3. The first-order chi connectivity index (χ1) is 9.13. The van der Waals surface area contributed by atoms with Gasteiger partial charge in [-0.1, -0.05) is 11.6 Å². The molecule has 2 aromatic carbocycles. The molecule has 2 aromatic rings. The molecular weight excluding hydrogens is 328 g/mol. The van der Waals surface area contributed by atoms with Crippen LogP contribution in [0.2, 0.25) is 5.02 Å². The summed E-state index contributed by atoms with van der Waals surface area (Å²) < 4.78 is 6.11. The lowest BCUT2D eigenvalue weighted by molar-refractivity contribution is 0.412. The first-order valence-electron chi connectivity index (χ1n) is 5.44. The van der Waals surface area contributed by atoms with Gasteiger partial charge in [0.05, 0.1) is 22.2 Å². The van der Waals surface area contributed by atoms with Gasteiger partial charge in [-0.25, -0.2) is 0 Å². The Morgan fingerprint density at radius 1 is 1.21 bits per heavy atom. The lowest BCUT2D eigenvalue weighted by Gasteiger charge is -2.10. The van der Waals surface area contributed by atoms with E-state index in [2.05, 4.69) is 21.2 Å². The molecule has 0 saturated carbocycles. The lowest BCUT2D eigenvalue weighted by atomic mass is 10.2. The molecule has 19 heavy (non-hydrogen) atoms. The molecule has 0 unspecified atom stereocenters. The zero-order valence-electron chi connectivity index (χ0n) is 10.1. The second kappa shape index (κ2) is 5.96. The predicted molar refractivity (Wildman–Crippen MR) is 80.1 cm³/mol. The summed E-state index contributed by atoms with van der Waals surface area (Å²) in [6, 6.07) is 12.9. The number of nitrogens with one attached hydrogen (secondary N) is 1. The predicted octanol–water partition coefficient (Wildman–Crippen LogP) is 4.73. The summed E-state index contributed by atoms with van der Waals surface area (Å²) in [5.74, 6) is 0.741. The molecule has 2 rings (SSSR count). The highest BCUT2D eigenvalue weighted by Gasteiger charge is 2.04. The third-order valence-electron chi connectivity index (χ3n) is 2.53. The van der Waals surface area contributed by atoms with Crippen LogP contribution in [0.25, 0.3) is 0 Å². The van der Waals surface area contributed by atoms with E-state index >= 15 is 0 Å². The molecule has 0 heterocycles. The normalized spacial score (nSPS) is 9.79. The van der Waals surface area contributed by atoms with E-state index in [0.717, 1.165) is 21.6 Å². The van der Waals surface area contributed by atoms with Gasteiger partial charge in [0, 0.05) is 17.4 Å². The van der Waals surface area contributed by atoms with Gasteiger partial charge in [-0.3, -0.25) is 0 Å². The van der Waals surface area contributed by atoms with Crippen LogP contribution in [0.15, 0.2) is 40.9 Å². The summed E-state index contributed by atoms with van der Waals surface area (Å²) in [6.45, 7) is 0. The Hall–Kier alpha value is -1.70. The molecule has 0 bridgehead atoms. The smallest absolute Gasteiger partial charge is 0.135 e. The van der Waals surface area contributed by atoms with Crippen LogP contribution in [-0.4, -0.2) is 7.11 Å². The van der Waals surface area contributed by atoms with E-state index in [0.29, 0.717) is 10.6 Å². The van der Waals surface area contributed by atoms with E-state index < -0.39 is 0 Å². The van der Waals surface area contributed by atoms with Crippen LogP contribution in [0, 0.1) is 11.3 Å². The van der Waals surface area contributed by atoms with Crippen molar-refractivity contribution < 1.29 is 4.74 Å². The zero-order chi connectivity index (χ0) is 13.8. The number of methoxy groups -OCH3 is 1. The highest BCUT2D eigenvalue weighted by molar-refractivity contribution is 9.10. The average Bonchev–Trinajstić information content (AvgIpc) is 2.41. The molecule has 0 fully saturated rings. The number of nitrogens with zero attached hydrogens (tertiary/aromatic N) is 1. The van der Waals surface area contributed by atoms with Crippen molar-refractivity contribution in [2.24, 2.45) is 0 Å².